The molecule has 0 aliphatic heterocycles. The SMILES string of the molecule is Cc1cc(C)n(C(/C=N/O)=N\O)n1. The molecule has 1 heterocycles. The van der Waals surface area contributed by atoms with E-state index in [0.29, 0.717) is 0 Å². The third kappa shape index (κ3) is 1.84. The summed E-state index contributed by atoms with van der Waals surface area (Å²) in [6.07, 6.45) is 0.999. The number of aromatic nitrogens is 2. The second kappa shape index (κ2) is 3.70. The van der Waals surface area contributed by atoms with Crippen molar-refractivity contribution in [2.24, 2.45) is 10.3 Å². The first-order chi connectivity index (χ1) is 6.19. The van der Waals surface area contributed by atoms with Crippen LogP contribution in [0.25, 0.3) is 0 Å². The van der Waals surface area contributed by atoms with Gasteiger partial charge in [0, 0.05) is 5.69 Å². The predicted molar refractivity (Wildman–Crippen MR) is 46.6 cm³/mol. The molecule has 6 nitrogen and oxygen atoms in total. The summed E-state index contributed by atoms with van der Waals surface area (Å²) in [7, 11) is 0. The van der Waals surface area contributed by atoms with Gasteiger partial charge >= 0.3 is 0 Å². The summed E-state index contributed by atoms with van der Waals surface area (Å²) in [5.74, 6) is 0.0631. The van der Waals surface area contributed by atoms with Gasteiger partial charge in [0.05, 0.1) is 5.69 Å². The summed E-state index contributed by atoms with van der Waals surface area (Å²) in [4.78, 5) is 0. The molecule has 0 radical (unpaired) electrons. The molecule has 0 saturated carbocycles. The lowest BCUT2D eigenvalue weighted by atomic mass is 10.4. The predicted octanol–water partition coefficient (Wildman–Crippen LogP) is 0.596. The van der Waals surface area contributed by atoms with Crippen LogP contribution in [0.4, 0.5) is 0 Å². The van der Waals surface area contributed by atoms with Gasteiger partial charge in [-0.2, -0.15) is 5.10 Å². The second-order valence-corrected chi connectivity index (χ2v) is 2.54. The van der Waals surface area contributed by atoms with Crippen LogP contribution in [0.15, 0.2) is 16.4 Å². The molecule has 0 saturated heterocycles. The summed E-state index contributed by atoms with van der Waals surface area (Å²) in [5, 5.41) is 26.5. The quantitative estimate of drug-likeness (QED) is 0.288. The fraction of sp³-hybridized carbons (Fsp3) is 0.286. The third-order valence-electron chi connectivity index (χ3n) is 1.50. The monoisotopic (exact) mass is 182 g/mol. The molecule has 1 rings (SSSR count). The minimum atomic E-state index is 0.0631. The van der Waals surface area contributed by atoms with E-state index >= 15 is 0 Å². The number of oxime groups is 2. The maximum atomic E-state index is 8.57. The Labute approximate surface area is 74.8 Å². The van der Waals surface area contributed by atoms with Crippen molar-refractivity contribution < 1.29 is 10.4 Å². The summed E-state index contributed by atoms with van der Waals surface area (Å²) >= 11 is 0. The van der Waals surface area contributed by atoms with E-state index in [9.17, 15) is 0 Å². The molecule has 0 aromatic carbocycles. The van der Waals surface area contributed by atoms with Crippen LogP contribution in [0.5, 0.6) is 0 Å². The molecular weight excluding hydrogens is 172 g/mol. The Morgan fingerprint density at radius 1 is 1.54 bits per heavy atom. The normalized spacial score (nSPS) is 12.6. The maximum Gasteiger partial charge on any atom is 0.214 e. The van der Waals surface area contributed by atoms with E-state index < -0.39 is 0 Å². The zero-order valence-corrected chi connectivity index (χ0v) is 7.34. The maximum absolute atomic E-state index is 8.57. The van der Waals surface area contributed by atoms with Crippen molar-refractivity contribution in [3.05, 3.63) is 17.5 Å². The van der Waals surface area contributed by atoms with Crippen molar-refractivity contribution in [2.75, 3.05) is 0 Å². The minimum Gasteiger partial charge on any atom is -0.411 e. The van der Waals surface area contributed by atoms with Crippen molar-refractivity contribution in [3.8, 4) is 0 Å². The van der Waals surface area contributed by atoms with Crippen LogP contribution in [0, 0.1) is 13.8 Å². The van der Waals surface area contributed by atoms with Gasteiger partial charge in [0.2, 0.25) is 5.84 Å². The van der Waals surface area contributed by atoms with Gasteiger partial charge in [0.25, 0.3) is 0 Å². The molecule has 70 valence electrons. The summed E-state index contributed by atoms with van der Waals surface area (Å²) in [6.45, 7) is 3.62. The molecular formula is C7H10N4O2. The highest BCUT2D eigenvalue weighted by atomic mass is 16.4. The lowest BCUT2D eigenvalue weighted by Gasteiger charge is -1.99. The first kappa shape index (κ1) is 9.24. The first-order valence-electron chi connectivity index (χ1n) is 3.62. The van der Waals surface area contributed by atoms with Crippen molar-refractivity contribution in [3.63, 3.8) is 0 Å². The number of hydrogen-bond donors (Lipinski definition) is 2. The van der Waals surface area contributed by atoms with E-state index in [1.807, 2.05) is 13.0 Å². The van der Waals surface area contributed by atoms with Gasteiger partial charge in [0.15, 0.2) is 0 Å². The van der Waals surface area contributed by atoms with Crippen LogP contribution < -0.4 is 0 Å². The molecule has 0 spiro atoms. The average Bonchev–Trinajstić information content (AvgIpc) is 2.41. The molecule has 2 N–H and O–H groups in total. The largest absolute Gasteiger partial charge is 0.411 e. The van der Waals surface area contributed by atoms with Gasteiger partial charge in [-0.1, -0.05) is 10.3 Å². The molecule has 1 aromatic heterocycles. The van der Waals surface area contributed by atoms with Crippen LogP contribution in [0.1, 0.15) is 11.4 Å². The molecule has 1 aromatic rings. The fourth-order valence-electron chi connectivity index (χ4n) is 1.04. The molecule has 0 amide bonds. The Balaban J connectivity index is 3.12. The van der Waals surface area contributed by atoms with Crippen molar-refractivity contribution >= 4 is 12.1 Å². The van der Waals surface area contributed by atoms with Gasteiger partial charge in [-0.05, 0) is 19.9 Å². The molecule has 0 aliphatic rings. The highest BCUT2D eigenvalue weighted by Gasteiger charge is 2.06. The van der Waals surface area contributed by atoms with Crippen LogP contribution in [-0.2, 0) is 0 Å². The number of rotatable bonds is 1. The smallest absolute Gasteiger partial charge is 0.214 e. The summed E-state index contributed by atoms with van der Waals surface area (Å²) in [6, 6.07) is 1.82. The molecule has 6 heteroatoms. The second-order valence-electron chi connectivity index (χ2n) is 2.54. The van der Waals surface area contributed by atoms with Crippen LogP contribution in [0.3, 0.4) is 0 Å². The Hall–Kier alpha value is -1.85. The van der Waals surface area contributed by atoms with Crippen molar-refractivity contribution in [2.45, 2.75) is 13.8 Å². The van der Waals surface area contributed by atoms with E-state index in [4.69, 9.17) is 10.4 Å². The van der Waals surface area contributed by atoms with Gasteiger partial charge in [0.1, 0.15) is 6.21 Å². The fourth-order valence-corrected chi connectivity index (χ4v) is 1.04. The number of aryl methyl sites for hydroxylation is 2. The zero-order valence-electron chi connectivity index (χ0n) is 7.34. The van der Waals surface area contributed by atoms with Crippen LogP contribution in [-0.4, -0.2) is 32.2 Å². The summed E-state index contributed by atoms with van der Waals surface area (Å²) < 4.78 is 1.37. The van der Waals surface area contributed by atoms with E-state index in [0.717, 1.165) is 17.6 Å². The standard InChI is InChI=1S/C7H10N4O2/c1-5-3-6(2)11(9-5)7(10-13)4-8-12/h3-4,12-13H,1-2H3/b8-4+,10-7-. The molecule has 0 aliphatic carbocycles. The zero-order chi connectivity index (χ0) is 9.84. The Morgan fingerprint density at radius 3 is 2.62 bits per heavy atom. The molecule has 0 bridgehead atoms. The minimum absolute atomic E-state index is 0.0631. The van der Waals surface area contributed by atoms with E-state index in [1.54, 1.807) is 6.92 Å². The van der Waals surface area contributed by atoms with Crippen LogP contribution >= 0.6 is 0 Å². The van der Waals surface area contributed by atoms with Crippen molar-refractivity contribution in [1.82, 2.24) is 9.78 Å². The topological polar surface area (TPSA) is 83.0 Å². The number of nitrogens with zero attached hydrogens (tertiary/aromatic N) is 4. The molecule has 0 unspecified atom stereocenters. The van der Waals surface area contributed by atoms with Gasteiger partial charge in [-0.3, -0.25) is 0 Å². The van der Waals surface area contributed by atoms with Crippen molar-refractivity contribution in [1.29, 1.82) is 0 Å². The first-order valence-corrected chi connectivity index (χ1v) is 3.62. The molecule has 0 fully saturated rings. The van der Waals surface area contributed by atoms with Gasteiger partial charge in [-0.15, -0.1) is 0 Å². The van der Waals surface area contributed by atoms with E-state index in [-0.39, 0.29) is 5.84 Å². The van der Waals surface area contributed by atoms with E-state index in [2.05, 4.69) is 15.4 Å². The van der Waals surface area contributed by atoms with Gasteiger partial charge < -0.3 is 10.4 Å². The highest BCUT2D eigenvalue weighted by molar-refractivity contribution is 6.29. The molecule has 0 atom stereocenters. The Morgan fingerprint density at radius 2 is 2.23 bits per heavy atom. The highest BCUT2D eigenvalue weighted by Crippen LogP contribution is 2.00. The lowest BCUT2D eigenvalue weighted by molar-refractivity contribution is 0.313. The lowest BCUT2D eigenvalue weighted by Crippen LogP contribution is -2.16. The Bertz CT molecular complexity index is 353. The van der Waals surface area contributed by atoms with E-state index in [1.165, 1.54) is 4.68 Å². The van der Waals surface area contributed by atoms with Crippen LogP contribution in [0.2, 0.25) is 0 Å². The Kier molecular flexibility index (Phi) is 2.63. The summed E-state index contributed by atoms with van der Waals surface area (Å²) in [5.41, 5.74) is 1.59. The van der Waals surface area contributed by atoms with Gasteiger partial charge in [-0.25, -0.2) is 4.68 Å². The average molecular weight is 182 g/mol. The number of hydrogen-bond acceptors (Lipinski definition) is 5. The third-order valence-corrected chi connectivity index (χ3v) is 1.50. The molecule has 13 heavy (non-hydrogen) atoms.